The number of phenols is 1. The van der Waals surface area contributed by atoms with Gasteiger partial charge >= 0.3 is 5.97 Å². The van der Waals surface area contributed by atoms with Crippen molar-refractivity contribution in [3.05, 3.63) is 28.8 Å². The first-order valence-corrected chi connectivity index (χ1v) is 11.9. The number of hydrogen-bond donors (Lipinski definition) is 1. The molecule has 172 valence electrons. The van der Waals surface area contributed by atoms with Crippen LogP contribution in [0.5, 0.6) is 5.75 Å². The number of aromatic hydroxyl groups is 1. The van der Waals surface area contributed by atoms with Gasteiger partial charge in [-0.25, -0.2) is 0 Å². The predicted octanol–water partition coefficient (Wildman–Crippen LogP) is 7.77. The van der Waals surface area contributed by atoms with Crippen LogP contribution in [0, 0.1) is 0 Å². The number of esters is 1. The summed E-state index contributed by atoms with van der Waals surface area (Å²) in [5, 5.41) is 10.3. The molecule has 0 saturated heterocycles. The number of carbonyl (C=O) groups excluding carboxylic acids is 1. The molecule has 1 aromatic carbocycles. The fourth-order valence-electron chi connectivity index (χ4n) is 4.00. The molecule has 1 rings (SSSR count). The summed E-state index contributed by atoms with van der Waals surface area (Å²) in [5.41, 5.74) is 2.68. The van der Waals surface area contributed by atoms with Crippen molar-refractivity contribution in [3.8, 4) is 5.75 Å². The molecule has 0 aliphatic heterocycles. The van der Waals surface area contributed by atoms with Crippen LogP contribution in [0.25, 0.3) is 0 Å². The predicted molar refractivity (Wildman–Crippen MR) is 127 cm³/mol. The molecule has 0 fully saturated rings. The minimum atomic E-state index is -0.358. The smallest absolute Gasteiger partial charge is 0.313 e. The van der Waals surface area contributed by atoms with Crippen molar-refractivity contribution >= 4 is 5.97 Å². The zero-order chi connectivity index (χ0) is 22.9. The molecular weight excluding hydrogens is 372 g/mol. The zero-order valence-electron chi connectivity index (χ0n) is 20.9. The van der Waals surface area contributed by atoms with E-state index in [1.165, 1.54) is 38.5 Å². The molecule has 3 heteroatoms. The molecule has 0 aliphatic carbocycles. The summed E-state index contributed by atoms with van der Waals surface area (Å²) in [6.07, 6.45) is 9.81. The van der Waals surface area contributed by atoms with Gasteiger partial charge in [0.25, 0.3) is 0 Å². The average molecular weight is 419 g/mol. The van der Waals surface area contributed by atoms with Gasteiger partial charge in [0.05, 0.1) is 12.5 Å². The van der Waals surface area contributed by atoms with Crippen molar-refractivity contribution in [2.75, 3.05) is 6.61 Å². The number of rotatable bonds is 11. The van der Waals surface area contributed by atoms with E-state index in [0.717, 1.165) is 29.5 Å². The summed E-state index contributed by atoms with van der Waals surface area (Å²) in [5.74, 6) is -0.268. The monoisotopic (exact) mass is 418 g/mol. The molecule has 0 heterocycles. The van der Waals surface area contributed by atoms with E-state index < -0.39 is 0 Å². The van der Waals surface area contributed by atoms with Gasteiger partial charge in [-0.15, -0.1) is 0 Å². The average Bonchev–Trinajstić information content (AvgIpc) is 2.63. The summed E-state index contributed by atoms with van der Waals surface area (Å²) in [7, 11) is 0. The van der Waals surface area contributed by atoms with Gasteiger partial charge in [-0.05, 0) is 53.0 Å². The molecule has 0 bridgehead atoms. The fourth-order valence-corrected chi connectivity index (χ4v) is 4.00. The number of ether oxygens (including phenoxy) is 1. The van der Waals surface area contributed by atoms with Gasteiger partial charge in [0.15, 0.2) is 0 Å². The van der Waals surface area contributed by atoms with Crippen molar-refractivity contribution in [3.63, 3.8) is 0 Å². The molecule has 0 saturated carbocycles. The second-order valence-electron chi connectivity index (χ2n) is 10.8. The van der Waals surface area contributed by atoms with E-state index in [2.05, 4.69) is 48.5 Å². The van der Waals surface area contributed by atoms with Crippen molar-refractivity contribution in [1.29, 1.82) is 0 Å². The molecular formula is C27H46O3. The molecule has 1 atom stereocenters. The van der Waals surface area contributed by atoms with E-state index >= 15 is 0 Å². The van der Waals surface area contributed by atoms with Crippen LogP contribution in [0.4, 0.5) is 0 Å². The van der Waals surface area contributed by atoms with Crippen LogP contribution in [-0.4, -0.2) is 17.7 Å². The highest BCUT2D eigenvalue weighted by Gasteiger charge is 2.32. The minimum absolute atomic E-state index is 0.167. The van der Waals surface area contributed by atoms with Crippen LogP contribution < -0.4 is 0 Å². The van der Waals surface area contributed by atoms with Crippen molar-refractivity contribution < 1.29 is 14.6 Å². The maximum Gasteiger partial charge on any atom is 0.313 e. The molecule has 3 nitrogen and oxygen atoms in total. The Morgan fingerprint density at radius 3 is 1.73 bits per heavy atom. The molecule has 0 aliphatic rings. The lowest BCUT2D eigenvalue weighted by Crippen LogP contribution is -2.26. The first-order chi connectivity index (χ1) is 13.9. The van der Waals surface area contributed by atoms with Crippen molar-refractivity contribution in [2.45, 2.75) is 124 Å². The summed E-state index contributed by atoms with van der Waals surface area (Å²) in [6, 6.07) is 3.62. The van der Waals surface area contributed by atoms with E-state index in [1.807, 2.05) is 19.1 Å². The highest BCUT2D eigenvalue weighted by molar-refractivity contribution is 5.79. The second kappa shape index (κ2) is 11.8. The molecule has 30 heavy (non-hydrogen) atoms. The quantitative estimate of drug-likeness (QED) is 0.295. The summed E-state index contributed by atoms with van der Waals surface area (Å²) >= 11 is 0. The van der Waals surface area contributed by atoms with Gasteiger partial charge < -0.3 is 9.84 Å². The lowest BCUT2D eigenvalue weighted by atomic mass is 9.73. The number of benzene rings is 1. The number of unbranched alkanes of at least 4 members (excludes halogenated alkanes) is 7. The number of hydrogen-bond acceptors (Lipinski definition) is 3. The standard InChI is InChI=1S/C27H46O3/c1-9-10-11-12-13-14-15-16-17-30-25(29)20(2)24-22(26(3,4)5)18-21(28)19-23(24)27(6,7)8/h18-20,28H,9-17H2,1-8H3. The molecule has 0 spiro atoms. The Kier molecular flexibility index (Phi) is 10.4. The van der Waals surface area contributed by atoms with E-state index in [4.69, 9.17) is 4.74 Å². The van der Waals surface area contributed by atoms with Crippen molar-refractivity contribution in [1.82, 2.24) is 0 Å². The Balaban J connectivity index is 2.80. The lowest BCUT2D eigenvalue weighted by Gasteiger charge is -2.32. The summed E-state index contributed by atoms with van der Waals surface area (Å²) < 4.78 is 5.67. The lowest BCUT2D eigenvalue weighted by molar-refractivity contribution is -0.145. The van der Waals surface area contributed by atoms with Crippen LogP contribution in [0.15, 0.2) is 12.1 Å². The van der Waals surface area contributed by atoms with Gasteiger partial charge in [0.1, 0.15) is 5.75 Å². The van der Waals surface area contributed by atoms with Gasteiger partial charge in [0.2, 0.25) is 0 Å². The molecule has 1 N–H and O–H groups in total. The topological polar surface area (TPSA) is 46.5 Å². The van der Waals surface area contributed by atoms with E-state index in [1.54, 1.807) is 0 Å². The summed E-state index contributed by atoms with van der Waals surface area (Å²) in [6.45, 7) is 17.4. The maximum atomic E-state index is 12.9. The largest absolute Gasteiger partial charge is 0.508 e. The van der Waals surface area contributed by atoms with Crippen LogP contribution >= 0.6 is 0 Å². The van der Waals surface area contributed by atoms with Gasteiger partial charge in [0, 0.05) is 0 Å². The normalized spacial score (nSPS) is 13.3. The Hall–Kier alpha value is -1.51. The highest BCUT2D eigenvalue weighted by Crippen LogP contribution is 2.41. The Labute approximate surface area is 185 Å². The van der Waals surface area contributed by atoms with Crippen LogP contribution in [0.1, 0.15) is 129 Å². The van der Waals surface area contributed by atoms with Gasteiger partial charge in [-0.1, -0.05) is 93.4 Å². The molecule has 0 amide bonds. The minimum Gasteiger partial charge on any atom is -0.508 e. The Morgan fingerprint density at radius 1 is 0.867 bits per heavy atom. The fraction of sp³-hybridized carbons (Fsp3) is 0.741. The molecule has 0 aromatic heterocycles. The van der Waals surface area contributed by atoms with E-state index in [0.29, 0.717) is 6.61 Å². The SMILES string of the molecule is CCCCCCCCCCOC(=O)C(C)c1c(C(C)(C)C)cc(O)cc1C(C)(C)C. The maximum absolute atomic E-state index is 12.9. The number of phenolic OH excluding ortho intramolecular Hbond substituents is 1. The third-order valence-electron chi connectivity index (χ3n) is 5.81. The van der Waals surface area contributed by atoms with Crippen molar-refractivity contribution in [2.24, 2.45) is 0 Å². The van der Waals surface area contributed by atoms with E-state index in [9.17, 15) is 9.90 Å². The Bertz CT molecular complexity index is 627. The Morgan fingerprint density at radius 2 is 1.30 bits per heavy atom. The molecule has 0 radical (unpaired) electrons. The second-order valence-corrected chi connectivity index (χ2v) is 10.8. The highest BCUT2D eigenvalue weighted by atomic mass is 16.5. The van der Waals surface area contributed by atoms with Crippen LogP contribution in [0.3, 0.4) is 0 Å². The first kappa shape index (κ1) is 26.5. The number of carbonyl (C=O) groups is 1. The molecule has 1 aromatic rings. The first-order valence-electron chi connectivity index (χ1n) is 11.9. The van der Waals surface area contributed by atoms with E-state index in [-0.39, 0.29) is 28.5 Å². The van der Waals surface area contributed by atoms with Crippen LogP contribution in [0.2, 0.25) is 0 Å². The van der Waals surface area contributed by atoms with Gasteiger partial charge in [-0.3, -0.25) is 4.79 Å². The van der Waals surface area contributed by atoms with Gasteiger partial charge in [-0.2, -0.15) is 0 Å². The molecule has 1 unspecified atom stereocenters. The zero-order valence-corrected chi connectivity index (χ0v) is 20.9. The third kappa shape index (κ3) is 8.32. The third-order valence-corrected chi connectivity index (χ3v) is 5.81. The van der Waals surface area contributed by atoms with Crippen LogP contribution in [-0.2, 0) is 20.4 Å². The summed E-state index contributed by atoms with van der Waals surface area (Å²) in [4.78, 5) is 12.9.